The highest BCUT2D eigenvalue weighted by Gasteiger charge is 2.17. The maximum atomic E-state index is 11.7. The predicted octanol–water partition coefficient (Wildman–Crippen LogP) is 1.89. The van der Waals surface area contributed by atoms with E-state index in [0.29, 0.717) is 10.7 Å². The first kappa shape index (κ1) is 15.7. The standard InChI is InChI=1S/C12H14ClNO4S/c1-8(6-12(16)17)19(18)7-11(15)14-10-4-2-9(13)3-5-10/h2-5,8H,6-7H2,1H3,(H,14,15)(H,16,17). The van der Waals surface area contributed by atoms with Gasteiger partial charge in [-0.25, -0.2) is 0 Å². The van der Waals surface area contributed by atoms with Gasteiger partial charge in [0.1, 0.15) is 5.75 Å². The minimum absolute atomic E-state index is 0.221. The number of hydrogen-bond acceptors (Lipinski definition) is 3. The summed E-state index contributed by atoms with van der Waals surface area (Å²) in [6, 6.07) is 6.51. The summed E-state index contributed by atoms with van der Waals surface area (Å²) < 4.78 is 11.7. The molecule has 5 nitrogen and oxygen atoms in total. The summed E-state index contributed by atoms with van der Waals surface area (Å²) in [6.07, 6.45) is -0.221. The van der Waals surface area contributed by atoms with Gasteiger partial charge in [0.2, 0.25) is 5.91 Å². The first-order valence-corrected chi connectivity index (χ1v) is 7.29. The van der Waals surface area contributed by atoms with Gasteiger partial charge in [-0.05, 0) is 24.3 Å². The summed E-state index contributed by atoms with van der Waals surface area (Å²) in [6.45, 7) is 1.54. The van der Waals surface area contributed by atoms with Gasteiger partial charge in [0.05, 0.1) is 6.42 Å². The van der Waals surface area contributed by atoms with Gasteiger partial charge in [0, 0.05) is 26.8 Å². The van der Waals surface area contributed by atoms with Crippen LogP contribution in [0.1, 0.15) is 13.3 Å². The third kappa shape index (κ3) is 5.85. The van der Waals surface area contributed by atoms with E-state index in [1.54, 1.807) is 31.2 Å². The van der Waals surface area contributed by atoms with Gasteiger partial charge in [-0.2, -0.15) is 0 Å². The SMILES string of the molecule is CC(CC(=O)O)S(=O)CC(=O)Nc1ccc(Cl)cc1. The number of carboxylic acids is 1. The first-order valence-electron chi connectivity index (χ1n) is 5.53. The second-order valence-corrected chi connectivity index (χ2v) is 6.28. The minimum Gasteiger partial charge on any atom is -0.481 e. The minimum atomic E-state index is -1.51. The van der Waals surface area contributed by atoms with E-state index in [1.807, 2.05) is 0 Å². The van der Waals surface area contributed by atoms with E-state index in [-0.39, 0.29) is 12.2 Å². The Labute approximate surface area is 118 Å². The summed E-state index contributed by atoms with van der Waals surface area (Å²) >= 11 is 5.71. The van der Waals surface area contributed by atoms with Gasteiger partial charge >= 0.3 is 5.97 Å². The number of rotatable bonds is 6. The van der Waals surface area contributed by atoms with Crippen LogP contribution in [0, 0.1) is 0 Å². The third-order valence-corrected chi connectivity index (χ3v) is 4.18. The van der Waals surface area contributed by atoms with Gasteiger partial charge in [-0.15, -0.1) is 0 Å². The molecular formula is C12H14ClNO4S. The van der Waals surface area contributed by atoms with E-state index in [9.17, 15) is 13.8 Å². The van der Waals surface area contributed by atoms with Gasteiger partial charge in [0.25, 0.3) is 0 Å². The highest BCUT2D eigenvalue weighted by Crippen LogP contribution is 2.13. The fraction of sp³-hybridized carbons (Fsp3) is 0.333. The van der Waals surface area contributed by atoms with Crippen molar-refractivity contribution >= 4 is 40.0 Å². The second-order valence-electron chi connectivity index (χ2n) is 3.99. The molecular weight excluding hydrogens is 290 g/mol. The van der Waals surface area contributed by atoms with Crippen LogP contribution in [0.2, 0.25) is 5.02 Å². The fourth-order valence-electron chi connectivity index (χ4n) is 1.34. The second kappa shape index (κ2) is 7.25. The van der Waals surface area contributed by atoms with Gasteiger partial charge in [-0.3, -0.25) is 13.8 Å². The Hall–Kier alpha value is -1.40. The van der Waals surface area contributed by atoms with Crippen molar-refractivity contribution in [1.29, 1.82) is 0 Å². The zero-order valence-electron chi connectivity index (χ0n) is 10.3. The molecule has 0 heterocycles. The molecule has 7 heteroatoms. The highest BCUT2D eigenvalue weighted by atomic mass is 35.5. The summed E-state index contributed by atoms with van der Waals surface area (Å²) in [5, 5.41) is 11.1. The van der Waals surface area contributed by atoms with Gasteiger partial charge in [-0.1, -0.05) is 18.5 Å². The zero-order chi connectivity index (χ0) is 14.4. The van der Waals surface area contributed by atoms with E-state index in [0.717, 1.165) is 0 Å². The lowest BCUT2D eigenvalue weighted by atomic mass is 10.3. The van der Waals surface area contributed by atoms with Crippen LogP contribution >= 0.6 is 11.6 Å². The Kier molecular flexibility index (Phi) is 5.98. The van der Waals surface area contributed by atoms with E-state index in [4.69, 9.17) is 16.7 Å². The number of amides is 1. The van der Waals surface area contributed by atoms with E-state index in [1.165, 1.54) is 0 Å². The average molecular weight is 304 g/mol. The number of hydrogen-bond donors (Lipinski definition) is 2. The van der Waals surface area contributed by atoms with Crippen LogP contribution in [-0.2, 0) is 20.4 Å². The van der Waals surface area contributed by atoms with E-state index in [2.05, 4.69) is 5.32 Å². The Morgan fingerprint density at radius 2 is 1.95 bits per heavy atom. The molecule has 0 aliphatic carbocycles. The van der Waals surface area contributed by atoms with Crippen LogP contribution in [0.4, 0.5) is 5.69 Å². The van der Waals surface area contributed by atoms with Crippen molar-refractivity contribution in [3.05, 3.63) is 29.3 Å². The molecule has 2 atom stereocenters. The molecule has 19 heavy (non-hydrogen) atoms. The number of nitrogens with one attached hydrogen (secondary N) is 1. The van der Waals surface area contributed by atoms with E-state index < -0.39 is 27.9 Å². The molecule has 0 bridgehead atoms. The van der Waals surface area contributed by atoms with E-state index >= 15 is 0 Å². The van der Waals surface area contributed by atoms with Crippen LogP contribution in [0.25, 0.3) is 0 Å². The molecule has 0 aliphatic heterocycles. The van der Waals surface area contributed by atoms with Crippen LogP contribution < -0.4 is 5.32 Å². The molecule has 0 spiro atoms. The lowest BCUT2D eigenvalue weighted by molar-refractivity contribution is -0.136. The molecule has 1 aromatic carbocycles. The molecule has 0 aliphatic rings. The van der Waals surface area contributed by atoms with Crippen molar-refractivity contribution in [1.82, 2.24) is 0 Å². The van der Waals surface area contributed by atoms with Crippen LogP contribution in [-0.4, -0.2) is 32.2 Å². The summed E-state index contributed by atoms with van der Waals surface area (Å²) in [4.78, 5) is 22.1. The number of halogens is 1. The number of anilines is 1. The molecule has 1 aromatic rings. The first-order chi connectivity index (χ1) is 8.88. The van der Waals surface area contributed by atoms with Crippen molar-refractivity contribution in [2.75, 3.05) is 11.1 Å². The topological polar surface area (TPSA) is 83.5 Å². The summed E-state index contributed by atoms with van der Waals surface area (Å²) in [7, 11) is -1.51. The number of aliphatic carboxylic acids is 1. The molecule has 2 unspecified atom stereocenters. The Morgan fingerprint density at radius 1 is 1.37 bits per heavy atom. The van der Waals surface area contributed by atoms with Gasteiger partial charge < -0.3 is 10.4 Å². The average Bonchev–Trinajstić information content (AvgIpc) is 2.31. The van der Waals surface area contributed by atoms with Crippen molar-refractivity contribution in [2.45, 2.75) is 18.6 Å². The van der Waals surface area contributed by atoms with Crippen molar-refractivity contribution in [2.24, 2.45) is 0 Å². The quantitative estimate of drug-likeness (QED) is 0.840. The Balaban J connectivity index is 2.49. The lowest BCUT2D eigenvalue weighted by Crippen LogP contribution is -2.26. The van der Waals surface area contributed by atoms with Crippen molar-refractivity contribution < 1.29 is 18.9 Å². The molecule has 1 rings (SSSR count). The number of carbonyl (C=O) groups excluding carboxylic acids is 1. The third-order valence-electron chi connectivity index (χ3n) is 2.31. The summed E-state index contributed by atoms with van der Waals surface area (Å²) in [5.74, 6) is -1.67. The largest absolute Gasteiger partial charge is 0.481 e. The normalized spacial score (nSPS) is 13.6. The van der Waals surface area contributed by atoms with Crippen LogP contribution in [0.15, 0.2) is 24.3 Å². The molecule has 0 fully saturated rings. The molecule has 0 saturated carbocycles. The molecule has 2 N–H and O–H groups in total. The molecule has 0 saturated heterocycles. The maximum absolute atomic E-state index is 11.7. The Bertz CT molecular complexity index is 489. The van der Waals surface area contributed by atoms with Crippen LogP contribution in [0.5, 0.6) is 0 Å². The van der Waals surface area contributed by atoms with Crippen LogP contribution in [0.3, 0.4) is 0 Å². The number of benzene rings is 1. The maximum Gasteiger partial charge on any atom is 0.304 e. The number of carbonyl (C=O) groups is 2. The van der Waals surface area contributed by atoms with Gasteiger partial charge in [0.15, 0.2) is 0 Å². The van der Waals surface area contributed by atoms with Crippen molar-refractivity contribution in [3.63, 3.8) is 0 Å². The monoisotopic (exact) mass is 303 g/mol. The number of carboxylic acid groups (broad SMARTS) is 1. The predicted molar refractivity (Wildman–Crippen MR) is 74.8 cm³/mol. The molecule has 104 valence electrons. The smallest absolute Gasteiger partial charge is 0.304 e. The van der Waals surface area contributed by atoms with Crippen molar-refractivity contribution in [3.8, 4) is 0 Å². The molecule has 1 amide bonds. The fourth-order valence-corrected chi connectivity index (χ4v) is 2.41. The molecule has 0 radical (unpaired) electrons. The molecule has 0 aromatic heterocycles. The highest BCUT2D eigenvalue weighted by molar-refractivity contribution is 7.86. The summed E-state index contributed by atoms with van der Waals surface area (Å²) in [5.41, 5.74) is 0.553. The Morgan fingerprint density at radius 3 is 2.47 bits per heavy atom. The lowest BCUT2D eigenvalue weighted by Gasteiger charge is -2.09. The zero-order valence-corrected chi connectivity index (χ0v) is 11.8.